The summed E-state index contributed by atoms with van der Waals surface area (Å²) in [5.74, 6) is -1.62. The minimum Gasteiger partial charge on any atom is -0.496 e. The Morgan fingerprint density at radius 3 is 2.45 bits per heavy atom. The molecule has 2 rings (SSSR count). The Morgan fingerprint density at radius 2 is 2.05 bits per heavy atom. The van der Waals surface area contributed by atoms with Crippen molar-refractivity contribution in [3.05, 3.63) is 29.3 Å². The first-order chi connectivity index (χ1) is 9.22. The lowest BCUT2D eigenvalue weighted by Gasteiger charge is -2.43. The highest BCUT2D eigenvalue weighted by atomic mass is 19.4. The largest absolute Gasteiger partial charge is 0.496 e. The van der Waals surface area contributed by atoms with E-state index in [1.165, 1.54) is 12.1 Å². The van der Waals surface area contributed by atoms with Gasteiger partial charge in [-0.05, 0) is 18.9 Å². The molecule has 0 bridgehead atoms. The number of halogens is 3. The van der Waals surface area contributed by atoms with E-state index >= 15 is 0 Å². The van der Waals surface area contributed by atoms with Crippen LogP contribution in [0.1, 0.15) is 24.0 Å². The van der Waals surface area contributed by atoms with Gasteiger partial charge in [-0.1, -0.05) is 12.1 Å². The minimum absolute atomic E-state index is 0.0315. The van der Waals surface area contributed by atoms with Gasteiger partial charge < -0.3 is 15.6 Å². The summed E-state index contributed by atoms with van der Waals surface area (Å²) in [6.45, 7) is 0. The lowest BCUT2D eigenvalue weighted by atomic mass is 9.61. The van der Waals surface area contributed by atoms with Crippen molar-refractivity contribution in [2.24, 2.45) is 5.73 Å². The van der Waals surface area contributed by atoms with Crippen LogP contribution in [-0.4, -0.2) is 24.2 Å². The van der Waals surface area contributed by atoms with E-state index in [1.807, 2.05) is 0 Å². The molecule has 0 spiro atoms. The lowest BCUT2D eigenvalue weighted by Crippen LogP contribution is -2.54. The number of benzene rings is 1. The topological polar surface area (TPSA) is 72.5 Å². The van der Waals surface area contributed by atoms with E-state index in [-0.39, 0.29) is 24.4 Å². The zero-order valence-corrected chi connectivity index (χ0v) is 10.7. The molecule has 0 amide bonds. The fourth-order valence-electron chi connectivity index (χ4n) is 2.70. The van der Waals surface area contributed by atoms with Crippen molar-refractivity contribution in [2.75, 3.05) is 7.11 Å². The zero-order chi connectivity index (χ0) is 15.1. The molecular formula is C13H14F3NO3. The van der Waals surface area contributed by atoms with Crippen molar-refractivity contribution in [2.45, 2.75) is 30.5 Å². The van der Waals surface area contributed by atoms with Gasteiger partial charge in [0.2, 0.25) is 0 Å². The summed E-state index contributed by atoms with van der Waals surface area (Å²) >= 11 is 0. The molecule has 1 aromatic rings. The molecule has 0 atom stereocenters. The summed E-state index contributed by atoms with van der Waals surface area (Å²) < 4.78 is 43.7. The quantitative estimate of drug-likeness (QED) is 0.894. The maximum Gasteiger partial charge on any atom is 0.419 e. The molecule has 0 aromatic heterocycles. The van der Waals surface area contributed by atoms with Crippen molar-refractivity contribution in [1.29, 1.82) is 0 Å². The molecular weight excluding hydrogens is 275 g/mol. The number of rotatable bonds is 3. The average Bonchev–Trinajstić information content (AvgIpc) is 2.32. The fraction of sp³-hybridized carbons (Fsp3) is 0.462. The molecule has 1 aliphatic rings. The number of nitrogens with two attached hydrogens (primary N) is 1. The molecule has 20 heavy (non-hydrogen) atoms. The molecule has 0 saturated heterocycles. The van der Waals surface area contributed by atoms with Gasteiger partial charge in [0, 0.05) is 11.6 Å². The second-order valence-electron chi connectivity index (χ2n) is 4.94. The predicted molar refractivity (Wildman–Crippen MR) is 64.5 cm³/mol. The molecule has 1 aliphatic carbocycles. The number of hydrogen-bond donors (Lipinski definition) is 2. The highest BCUT2D eigenvalue weighted by molar-refractivity contribution is 5.84. The van der Waals surface area contributed by atoms with Gasteiger partial charge in [0.25, 0.3) is 0 Å². The van der Waals surface area contributed by atoms with Gasteiger partial charge >= 0.3 is 12.1 Å². The molecule has 0 aliphatic heterocycles. The first-order valence-corrected chi connectivity index (χ1v) is 5.96. The van der Waals surface area contributed by atoms with Crippen LogP contribution in [0.4, 0.5) is 13.2 Å². The van der Waals surface area contributed by atoms with Crippen molar-refractivity contribution in [3.8, 4) is 5.75 Å². The maximum atomic E-state index is 13.0. The van der Waals surface area contributed by atoms with Gasteiger partial charge in [-0.15, -0.1) is 0 Å². The van der Waals surface area contributed by atoms with Crippen LogP contribution in [0, 0.1) is 0 Å². The normalized spacial score (nSPS) is 25.9. The second kappa shape index (κ2) is 4.66. The standard InChI is InChI=1S/C13H14F3NO3/c1-20-10-8(3-2-4-9(10)13(14,15)16)12(11(18)19)5-7(17)6-12/h2-4,7H,5-6,17H2,1H3,(H,18,19). The Bertz CT molecular complexity index is 536. The van der Waals surface area contributed by atoms with Crippen LogP contribution >= 0.6 is 0 Å². The third-order valence-electron chi connectivity index (χ3n) is 3.67. The van der Waals surface area contributed by atoms with Crippen LogP contribution in [0.15, 0.2) is 18.2 Å². The van der Waals surface area contributed by atoms with E-state index < -0.39 is 28.9 Å². The summed E-state index contributed by atoms with van der Waals surface area (Å²) in [5, 5.41) is 9.38. The number of carboxylic acid groups (broad SMARTS) is 1. The number of carboxylic acids is 1. The van der Waals surface area contributed by atoms with Crippen molar-refractivity contribution in [3.63, 3.8) is 0 Å². The summed E-state index contributed by atoms with van der Waals surface area (Å²) in [4.78, 5) is 11.5. The molecule has 3 N–H and O–H groups in total. The minimum atomic E-state index is -4.60. The fourth-order valence-corrected chi connectivity index (χ4v) is 2.70. The van der Waals surface area contributed by atoms with E-state index in [2.05, 4.69) is 0 Å². The highest BCUT2D eigenvalue weighted by Crippen LogP contribution is 2.49. The van der Waals surface area contributed by atoms with Gasteiger partial charge in [-0.2, -0.15) is 13.2 Å². The molecule has 0 unspecified atom stereocenters. The number of carbonyl (C=O) groups is 1. The van der Waals surface area contributed by atoms with Crippen LogP contribution < -0.4 is 10.5 Å². The number of aliphatic carboxylic acids is 1. The number of para-hydroxylation sites is 1. The summed E-state index contributed by atoms with van der Waals surface area (Å²) in [6.07, 6.45) is -4.41. The van der Waals surface area contributed by atoms with Crippen LogP contribution in [0.3, 0.4) is 0 Å². The van der Waals surface area contributed by atoms with E-state index in [9.17, 15) is 23.1 Å². The Labute approximate surface area is 113 Å². The summed E-state index contributed by atoms with van der Waals surface area (Å²) in [7, 11) is 1.10. The lowest BCUT2D eigenvalue weighted by molar-refractivity contribution is -0.149. The number of alkyl halides is 3. The van der Waals surface area contributed by atoms with Gasteiger partial charge in [-0.3, -0.25) is 4.79 Å². The molecule has 7 heteroatoms. The number of ether oxygens (including phenoxy) is 1. The molecule has 4 nitrogen and oxygen atoms in total. The van der Waals surface area contributed by atoms with E-state index in [4.69, 9.17) is 10.5 Å². The first kappa shape index (κ1) is 14.6. The van der Waals surface area contributed by atoms with Crippen LogP contribution in [-0.2, 0) is 16.4 Å². The Hall–Kier alpha value is -1.76. The van der Waals surface area contributed by atoms with Gasteiger partial charge in [-0.25, -0.2) is 0 Å². The summed E-state index contributed by atoms with van der Waals surface area (Å²) in [5.41, 5.74) is 3.28. The summed E-state index contributed by atoms with van der Waals surface area (Å²) in [6, 6.07) is 3.09. The average molecular weight is 289 g/mol. The molecule has 1 fully saturated rings. The number of methoxy groups -OCH3 is 1. The molecule has 0 radical (unpaired) electrons. The third kappa shape index (κ3) is 2.11. The molecule has 1 aromatic carbocycles. The van der Waals surface area contributed by atoms with Crippen LogP contribution in [0.2, 0.25) is 0 Å². The van der Waals surface area contributed by atoms with Crippen LogP contribution in [0.5, 0.6) is 5.75 Å². The zero-order valence-electron chi connectivity index (χ0n) is 10.7. The van der Waals surface area contributed by atoms with Gasteiger partial charge in [0.05, 0.1) is 18.1 Å². The SMILES string of the molecule is COc1c(C(F)(F)F)cccc1C1(C(=O)O)CC(N)C1. The van der Waals surface area contributed by atoms with Crippen molar-refractivity contribution in [1.82, 2.24) is 0 Å². The Morgan fingerprint density at radius 1 is 1.45 bits per heavy atom. The Balaban J connectivity index is 2.60. The van der Waals surface area contributed by atoms with E-state index in [1.54, 1.807) is 0 Å². The third-order valence-corrected chi connectivity index (χ3v) is 3.67. The monoisotopic (exact) mass is 289 g/mol. The van der Waals surface area contributed by atoms with Gasteiger partial charge in [0.15, 0.2) is 0 Å². The van der Waals surface area contributed by atoms with Crippen molar-refractivity contribution >= 4 is 5.97 Å². The smallest absolute Gasteiger partial charge is 0.419 e. The van der Waals surface area contributed by atoms with Crippen molar-refractivity contribution < 1.29 is 27.8 Å². The molecule has 110 valence electrons. The first-order valence-electron chi connectivity index (χ1n) is 5.96. The van der Waals surface area contributed by atoms with Gasteiger partial charge in [0.1, 0.15) is 5.75 Å². The highest BCUT2D eigenvalue weighted by Gasteiger charge is 2.53. The Kier molecular flexibility index (Phi) is 3.41. The van der Waals surface area contributed by atoms with E-state index in [0.717, 1.165) is 13.2 Å². The predicted octanol–water partition coefficient (Wildman–Crippen LogP) is 2.16. The maximum absolute atomic E-state index is 13.0. The second-order valence-corrected chi connectivity index (χ2v) is 4.94. The number of hydrogen-bond acceptors (Lipinski definition) is 3. The van der Waals surface area contributed by atoms with Crippen LogP contribution in [0.25, 0.3) is 0 Å². The molecule has 0 heterocycles. The molecule has 1 saturated carbocycles. The van der Waals surface area contributed by atoms with E-state index in [0.29, 0.717) is 0 Å².